The van der Waals surface area contributed by atoms with Crippen LogP contribution in [0.1, 0.15) is 23.8 Å². The van der Waals surface area contributed by atoms with Crippen molar-refractivity contribution >= 4 is 45.0 Å². The Morgan fingerprint density at radius 1 is 1.26 bits per heavy atom. The highest BCUT2D eigenvalue weighted by atomic mass is 35.5. The molecule has 2 atom stereocenters. The van der Waals surface area contributed by atoms with Crippen molar-refractivity contribution in [2.75, 3.05) is 25.0 Å². The van der Waals surface area contributed by atoms with Crippen LogP contribution in [0.3, 0.4) is 0 Å². The van der Waals surface area contributed by atoms with Gasteiger partial charge in [0.1, 0.15) is 23.4 Å². The van der Waals surface area contributed by atoms with Crippen LogP contribution in [0.15, 0.2) is 29.3 Å². The number of nitrogens with one attached hydrogen (secondary N) is 3. The number of halogens is 5. The van der Waals surface area contributed by atoms with Crippen molar-refractivity contribution in [3.05, 3.63) is 40.9 Å². The average molecular weight is 596 g/mol. The van der Waals surface area contributed by atoms with E-state index in [4.69, 9.17) is 16.3 Å². The van der Waals surface area contributed by atoms with E-state index in [2.05, 4.69) is 10.0 Å². The molecule has 0 radical (unpaired) electrons. The lowest BCUT2D eigenvalue weighted by Gasteiger charge is -2.27. The number of rotatable bonds is 3. The molecule has 1 fully saturated rings. The molecule has 4 rings (SSSR count). The van der Waals surface area contributed by atoms with Crippen LogP contribution in [0.4, 0.5) is 23.2 Å². The number of hydrogen-bond donors (Lipinski definition) is 3. The number of carbonyl (C=O) groups is 3. The minimum absolute atomic E-state index is 0.0217. The summed E-state index contributed by atoms with van der Waals surface area (Å²) in [5.74, 6) is -4.52. The molecule has 1 spiro atoms. The summed E-state index contributed by atoms with van der Waals surface area (Å²) >= 11 is 5.75. The van der Waals surface area contributed by atoms with Gasteiger partial charge in [-0.25, -0.2) is 12.8 Å². The molecule has 1 unspecified atom stereocenters. The molecule has 39 heavy (non-hydrogen) atoms. The van der Waals surface area contributed by atoms with Crippen LogP contribution in [0, 0.1) is 5.82 Å². The molecule has 2 aliphatic rings. The molecule has 1 aromatic heterocycles. The average Bonchev–Trinajstić information content (AvgIpc) is 3.37. The van der Waals surface area contributed by atoms with Gasteiger partial charge in [-0.05, 0) is 31.5 Å². The van der Waals surface area contributed by atoms with E-state index >= 15 is 0 Å². The molecule has 1 saturated heterocycles. The summed E-state index contributed by atoms with van der Waals surface area (Å²) in [4.78, 5) is 38.2. The molecule has 17 heteroatoms. The Labute approximate surface area is 224 Å². The Bertz CT molecular complexity index is 1460. The van der Waals surface area contributed by atoms with E-state index in [0.717, 1.165) is 17.2 Å². The minimum Gasteiger partial charge on any atom is -0.488 e. The third-order valence-electron chi connectivity index (χ3n) is 6.30. The number of amides is 3. The smallest absolute Gasteiger partial charge is 0.408 e. The third-order valence-corrected chi connectivity index (χ3v) is 8.16. The molecule has 3 amide bonds. The zero-order chi connectivity index (χ0) is 28.9. The van der Waals surface area contributed by atoms with Crippen LogP contribution in [0.5, 0.6) is 5.75 Å². The first-order valence-corrected chi connectivity index (χ1v) is 13.2. The van der Waals surface area contributed by atoms with Gasteiger partial charge in [-0.2, -0.15) is 17.9 Å². The van der Waals surface area contributed by atoms with Gasteiger partial charge in [-0.15, -0.1) is 0 Å². The number of likely N-dealkylation sites (tertiary alicyclic amines) is 1. The Hall–Kier alpha value is -3.37. The summed E-state index contributed by atoms with van der Waals surface area (Å²) in [6.45, 7) is -0.199. The Morgan fingerprint density at radius 3 is 2.59 bits per heavy atom. The number of aryl methyl sites for hydroxylation is 1. The molecular weight excluding hydrogens is 574 g/mol. The zero-order valence-corrected chi connectivity index (χ0v) is 21.9. The Kier molecular flexibility index (Phi) is 7.33. The molecule has 2 aromatic rings. The lowest BCUT2D eigenvalue weighted by molar-refractivity contribution is -0.162. The molecule has 0 bridgehead atoms. The number of sulfonamides is 1. The topological polar surface area (TPSA) is 139 Å². The largest absolute Gasteiger partial charge is 0.488 e. The first kappa shape index (κ1) is 28.6. The second-order valence-corrected chi connectivity index (χ2v) is 11.3. The predicted molar refractivity (Wildman–Crippen MR) is 128 cm³/mol. The van der Waals surface area contributed by atoms with E-state index in [1.165, 1.54) is 23.7 Å². The molecule has 3 N–H and O–H groups in total. The second-order valence-electron chi connectivity index (χ2n) is 9.25. The van der Waals surface area contributed by atoms with Gasteiger partial charge >= 0.3 is 18.0 Å². The summed E-state index contributed by atoms with van der Waals surface area (Å²) in [5.41, 5.74) is -1.47. The zero-order valence-electron chi connectivity index (χ0n) is 20.4. The molecular formula is C22H22ClF4N5O6S. The van der Waals surface area contributed by atoms with Gasteiger partial charge in [0.25, 0.3) is 5.91 Å². The maximum absolute atomic E-state index is 13.5. The van der Waals surface area contributed by atoms with Gasteiger partial charge in [-0.3, -0.25) is 14.4 Å². The van der Waals surface area contributed by atoms with E-state index in [0.29, 0.717) is 6.92 Å². The molecule has 11 nitrogen and oxygen atoms in total. The van der Waals surface area contributed by atoms with E-state index in [1.807, 2.05) is 0 Å². The lowest BCUT2D eigenvalue weighted by atomic mass is 10.0. The second kappa shape index (κ2) is 9.98. The quantitative estimate of drug-likeness (QED) is 0.365. The maximum atomic E-state index is 13.5. The predicted octanol–water partition coefficient (Wildman–Crippen LogP) is 1.78. The summed E-state index contributed by atoms with van der Waals surface area (Å²) in [5, 5.41) is 3.82. The number of carbonyl (C=O) groups excluding carboxylic acids is 3. The van der Waals surface area contributed by atoms with E-state index in [1.54, 1.807) is 5.32 Å². The number of nitrogens with zero attached hydrogens (tertiary/aromatic N) is 2. The number of hydrogen-bond acceptors (Lipinski definition) is 6. The van der Waals surface area contributed by atoms with Crippen LogP contribution in [-0.2, 0) is 26.7 Å². The molecule has 1 aromatic carbocycles. The molecule has 0 saturated carbocycles. The van der Waals surface area contributed by atoms with Crippen LogP contribution >= 0.6 is 11.6 Å². The van der Waals surface area contributed by atoms with Crippen LogP contribution < -0.4 is 20.1 Å². The molecule has 0 aliphatic carbocycles. The fraction of sp³-hybridized carbons (Fsp3) is 0.409. The normalized spacial score (nSPS) is 21.1. The first-order valence-electron chi connectivity index (χ1n) is 11.3. The monoisotopic (exact) mass is 595 g/mol. The van der Waals surface area contributed by atoms with Gasteiger partial charge in [0.05, 0.1) is 10.6 Å². The van der Waals surface area contributed by atoms with Crippen molar-refractivity contribution < 1.29 is 45.1 Å². The SMILES string of the molecule is C[C@@H](NC(=O)C(=O)N1CCC2(COc3c(cn(C)c3C(=O)Nc3ccc(F)c(Cl)c3)S(=O)(=O)N2)C1)C(F)(F)F. The highest BCUT2D eigenvalue weighted by Gasteiger charge is 2.49. The summed E-state index contributed by atoms with van der Waals surface area (Å²) in [7, 11) is -2.92. The van der Waals surface area contributed by atoms with Crippen molar-refractivity contribution in [3.8, 4) is 5.75 Å². The van der Waals surface area contributed by atoms with Crippen LogP contribution in [-0.4, -0.2) is 73.1 Å². The van der Waals surface area contributed by atoms with Gasteiger partial charge in [0, 0.05) is 32.0 Å². The Balaban J connectivity index is 1.54. The van der Waals surface area contributed by atoms with Gasteiger partial charge < -0.3 is 24.8 Å². The summed E-state index contributed by atoms with van der Waals surface area (Å²) in [6, 6.07) is 1.19. The number of ether oxygens (including phenoxy) is 1. The molecule has 212 valence electrons. The van der Waals surface area contributed by atoms with E-state index in [9.17, 15) is 40.4 Å². The number of anilines is 1. The van der Waals surface area contributed by atoms with E-state index < -0.39 is 51.3 Å². The van der Waals surface area contributed by atoms with Gasteiger partial charge in [0.2, 0.25) is 10.0 Å². The van der Waals surface area contributed by atoms with Crippen molar-refractivity contribution in [2.24, 2.45) is 7.05 Å². The van der Waals surface area contributed by atoms with Crippen molar-refractivity contribution in [1.29, 1.82) is 0 Å². The molecule has 2 aliphatic heterocycles. The number of fused-ring (bicyclic) bond motifs is 1. The number of aromatic nitrogens is 1. The van der Waals surface area contributed by atoms with Crippen molar-refractivity contribution in [3.63, 3.8) is 0 Å². The van der Waals surface area contributed by atoms with Crippen LogP contribution in [0.2, 0.25) is 5.02 Å². The van der Waals surface area contributed by atoms with Gasteiger partial charge in [-0.1, -0.05) is 11.6 Å². The standard InChI is InChI=1S/C22H22ClF4N5O6S/c1-11(22(25,26)27)28-19(34)20(35)32-6-5-21(9-32)10-38-17-15(39(36,37)30-21)8-31(2)16(17)18(33)29-12-3-4-14(24)13(23)7-12/h3-4,7-8,11,30H,5-6,9-10H2,1-2H3,(H,28,34)(H,29,33)/t11-,21?/m1/s1. The fourth-order valence-electron chi connectivity index (χ4n) is 4.24. The fourth-order valence-corrected chi connectivity index (χ4v) is 6.03. The first-order chi connectivity index (χ1) is 18.0. The molecule has 3 heterocycles. The lowest BCUT2D eigenvalue weighted by Crippen LogP contribution is -2.55. The van der Waals surface area contributed by atoms with E-state index in [-0.39, 0.29) is 53.2 Å². The Morgan fingerprint density at radius 2 is 1.95 bits per heavy atom. The highest BCUT2D eigenvalue weighted by molar-refractivity contribution is 7.89. The summed E-state index contributed by atoms with van der Waals surface area (Å²) < 4.78 is 87.7. The van der Waals surface area contributed by atoms with Crippen molar-refractivity contribution in [2.45, 2.75) is 36.0 Å². The van der Waals surface area contributed by atoms with Crippen LogP contribution in [0.25, 0.3) is 0 Å². The maximum Gasteiger partial charge on any atom is 0.408 e. The van der Waals surface area contributed by atoms with Crippen molar-refractivity contribution in [1.82, 2.24) is 19.5 Å². The number of benzene rings is 1. The summed E-state index contributed by atoms with van der Waals surface area (Å²) in [6.07, 6.45) is -3.63. The number of alkyl halides is 3. The minimum atomic E-state index is -4.76. The van der Waals surface area contributed by atoms with Gasteiger partial charge in [0.15, 0.2) is 11.4 Å². The third kappa shape index (κ3) is 5.67. The highest BCUT2D eigenvalue weighted by Crippen LogP contribution is 2.37.